The van der Waals surface area contributed by atoms with Gasteiger partial charge in [-0.3, -0.25) is 5.32 Å². The van der Waals surface area contributed by atoms with Gasteiger partial charge in [0.15, 0.2) is 0 Å². The van der Waals surface area contributed by atoms with Crippen molar-refractivity contribution in [3.63, 3.8) is 0 Å². The Morgan fingerprint density at radius 3 is 2.79 bits per heavy atom. The standard InChI is InChI=1S/C14H17ClFNO2/c1-3-19-13(18)14(2,17-10-5-6-10)11-7-4-9(16)8-12(11)15/h4,7-8,10,17H,3,5-6H2,1-2H3. The fourth-order valence-electron chi connectivity index (χ4n) is 2.05. The summed E-state index contributed by atoms with van der Waals surface area (Å²) >= 11 is 6.07. The monoisotopic (exact) mass is 285 g/mol. The highest BCUT2D eigenvalue weighted by Gasteiger charge is 2.42. The SMILES string of the molecule is CCOC(=O)C(C)(NC1CC1)c1ccc(F)cc1Cl. The van der Waals surface area contributed by atoms with Gasteiger partial charge in [0.2, 0.25) is 0 Å². The van der Waals surface area contributed by atoms with Crippen molar-refractivity contribution >= 4 is 17.6 Å². The maximum atomic E-state index is 13.1. The average Bonchev–Trinajstić information content (AvgIpc) is 3.12. The van der Waals surface area contributed by atoms with Crippen LogP contribution < -0.4 is 5.32 Å². The number of ether oxygens (including phenoxy) is 1. The normalized spacial score (nSPS) is 17.9. The van der Waals surface area contributed by atoms with Gasteiger partial charge in [0.05, 0.1) is 6.61 Å². The van der Waals surface area contributed by atoms with Crippen LogP contribution in [0.5, 0.6) is 0 Å². The number of rotatable bonds is 5. The van der Waals surface area contributed by atoms with Crippen LogP contribution in [0.25, 0.3) is 0 Å². The van der Waals surface area contributed by atoms with E-state index in [0.717, 1.165) is 12.8 Å². The predicted octanol–water partition coefficient (Wildman–Crippen LogP) is 3.01. The van der Waals surface area contributed by atoms with E-state index in [1.165, 1.54) is 18.2 Å². The molecule has 2 rings (SSSR count). The second kappa shape index (κ2) is 5.47. The molecule has 1 aromatic rings. The molecule has 1 atom stereocenters. The fraction of sp³-hybridized carbons (Fsp3) is 0.500. The quantitative estimate of drug-likeness (QED) is 0.845. The number of esters is 1. The highest BCUT2D eigenvalue weighted by Crippen LogP contribution is 2.33. The molecular formula is C14H17ClFNO2. The first-order valence-corrected chi connectivity index (χ1v) is 6.75. The van der Waals surface area contributed by atoms with Crippen LogP contribution in [0.15, 0.2) is 18.2 Å². The molecule has 0 spiro atoms. The molecule has 0 saturated heterocycles. The molecule has 5 heteroatoms. The Bertz CT molecular complexity index is 490. The average molecular weight is 286 g/mol. The van der Waals surface area contributed by atoms with Crippen LogP contribution in [0.4, 0.5) is 4.39 Å². The smallest absolute Gasteiger partial charge is 0.330 e. The molecule has 0 amide bonds. The van der Waals surface area contributed by atoms with Gasteiger partial charge in [-0.25, -0.2) is 9.18 Å². The molecule has 1 aliphatic rings. The van der Waals surface area contributed by atoms with Gasteiger partial charge < -0.3 is 4.74 Å². The minimum Gasteiger partial charge on any atom is -0.464 e. The summed E-state index contributed by atoms with van der Waals surface area (Å²) in [5, 5.41) is 3.47. The summed E-state index contributed by atoms with van der Waals surface area (Å²) in [4.78, 5) is 12.2. The Morgan fingerprint density at radius 1 is 1.58 bits per heavy atom. The van der Waals surface area contributed by atoms with Crippen LogP contribution >= 0.6 is 11.6 Å². The van der Waals surface area contributed by atoms with Crippen LogP contribution in [0.1, 0.15) is 32.3 Å². The van der Waals surface area contributed by atoms with Crippen molar-refractivity contribution in [2.75, 3.05) is 6.61 Å². The van der Waals surface area contributed by atoms with E-state index < -0.39 is 17.3 Å². The summed E-state index contributed by atoms with van der Waals surface area (Å²) in [6.07, 6.45) is 2.04. The first-order chi connectivity index (χ1) is 8.97. The van der Waals surface area contributed by atoms with Gasteiger partial charge in [-0.05, 0) is 38.8 Å². The minimum atomic E-state index is -1.04. The fourth-order valence-corrected chi connectivity index (χ4v) is 2.41. The van der Waals surface area contributed by atoms with Crippen molar-refractivity contribution in [2.24, 2.45) is 0 Å². The molecule has 1 fully saturated rings. The largest absolute Gasteiger partial charge is 0.464 e. The van der Waals surface area contributed by atoms with E-state index in [1.807, 2.05) is 0 Å². The number of halogens is 2. The van der Waals surface area contributed by atoms with Crippen LogP contribution in [-0.2, 0) is 15.1 Å². The van der Waals surface area contributed by atoms with Gasteiger partial charge in [-0.1, -0.05) is 17.7 Å². The third-order valence-corrected chi connectivity index (χ3v) is 3.54. The van der Waals surface area contributed by atoms with Crippen molar-refractivity contribution in [2.45, 2.75) is 38.3 Å². The lowest BCUT2D eigenvalue weighted by molar-refractivity contribution is -0.151. The third kappa shape index (κ3) is 3.07. The molecule has 19 heavy (non-hydrogen) atoms. The van der Waals surface area contributed by atoms with E-state index >= 15 is 0 Å². The summed E-state index contributed by atoms with van der Waals surface area (Å²) in [5.41, 5.74) is -0.497. The summed E-state index contributed by atoms with van der Waals surface area (Å²) in [5.74, 6) is -0.818. The number of carbonyl (C=O) groups is 1. The van der Waals surface area contributed by atoms with Gasteiger partial charge in [0.1, 0.15) is 11.4 Å². The molecule has 0 heterocycles. The molecule has 1 aliphatic carbocycles. The van der Waals surface area contributed by atoms with E-state index in [9.17, 15) is 9.18 Å². The van der Waals surface area contributed by atoms with E-state index in [0.29, 0.717) is 12.2 Å². The van der Waals surface area contributed by atoms with Gasteiger partial charge in [-0.2, -0.15) is 0 Å². The molecule has 1 aromatic carbocycles. The first-order valence-electron chi connectivity index (χ1n) is 6.38. The van der Waals surface area contributed by atoms with E-state index in [-0.39, 0.29) is 11.1 Å². The lowest BCUT2D eigenvalue weighted by Gasteiger charge is -2.30. The molecule has 1 N–H and O–H groups in total. The highest BCUT2D eigenvalue weighted by molar-refractivity contribution is 6.31. The highest BCUT2D eigenvalue weighted by atomic mass is 35.5. The molecule has 3 nitrogen and oxygen atoms in total. The first kappa shape index (κ1) is 14.3. The Hall–Kier alpha value is -1.13. The van der Waals surface area contributed by atoms with Crippen molar-refractivity contribution in [3.8, 4) is 0 Å². The second-order valence-corrected chi connectivity index (χ2v) is 5.30. The molecule has 1 saturated carbocycles. The zero-order valence-electron chi connectivity index (χ0n) is 11.0. The summed E-state index contributed by atoms with van der Waals surface area (Å²) in [6, 6.07) is 4.33. The zero-order chi connectivity index (χ0) is 14.0. The van der Waals surface area contributed by atoms with Gasteiger partial charge in [0, 0.05) is 16.6 Å². The maximum Gasteiger partial charge on any atom is 0.330 e. The second-order valence-electron chi connectivity index (χ2n) is 4.89. The maximum absolute atomic E-state index is 13.1. The molecule has 0 radical (unpaired) electrons. The Balaban J connectivity index is 2.37. The lowest BCUT2D eigenvalue weighted by atomic mass is 9.91. The van der Waals surface area contributed by atoms with Crippen molar-refractivity contribution in [3.05, 3.63) is 34.6 Å². The van der Waals surface area contributed by atoms with Crippen LogP contribution in [0, 0.1) is 5.82 Å². The van der Waals surface area contributed by atoms with Gasteiger partial charge in [-0.15, -0.1) is 0 Å². The Morgan fingerprint density at radius 2 is 2.26 bits per heavy atom. The zero-order valence-corrected chi connectivity index (χ0v) is 11.8. The van der Waals surface area contributed by atoms with Crippen LogP contribution in [0.3, 0.4) is 0 Å². The molecule has 0 aliphatic heterocycles. The molecule has 104 valence electrons. The number of hydrogen-bond acceptors (Lipinski definition) is 3. The van der Waals surface area contributed by atoms with E-state index in [2.05, 4.69) is 5.32 Å². The van der Waals surface area contributed by atoms with E-state index in [1.54, 1.807) is 13.8 Å². The van der Waals surface area contributed by atoms with Crippen molar-refractivity contribution in [1.82, 2.24) is 5.32 Å². The van der Waals surface area contributed by atoms with Gasteiger partial charge in [0.25, 0.3) is 0 Å². The minimum absolute atomic E-state index is 0.226. The molecule has 0 aromatic heterocycles. The third-order valence-electron chi connectivity index (χ3n) is 3.22. The van der Waals surface area contributed by atoms with Crippen LogP contribution in [-0.4, -0.2) is 18.6 Å². The van der Waals surface area contributed by atoms with Crippen molar-refractivity contribution in [1.29, 1.82) is 0 Å². The van der Waals surface area contributed by atoms with Crippen LogP contribution in [0.2, 0.25) is 5.02 Å². The lowest BCUT2D eigenvalue weighted by Crippen LogP contribution is -2.49. The molecule has 0 bridgehead atoms. The summed E-state index contributed by atoms with van der Waals surface area (Å²) < 4.78 is 18.3. The number of benzene rings is 1. The summed E-state index contributed by atoms with van der Waals surface area (Å²) in [6.45, 7) is 3.77. The topological polar surface area (TPSA) is 38.3 Å². The van der Waals surface area contributed by atoms with E-state index in [4.69, 9.17) is 16.3 Å². The number of hydrogen-bond donors (Lipinski definition) is 1. The van der Waals surface area contributed by atoms with Gasteiger partial charge >= 0.3 is 5.97 Å². The number of nitrogens with one attached hydrogen (secondary N) is 1. The number of carbonyl (C=O) groups excluding carboxylic acids is 1. The Labute approximate surface area is 117 Å². The summed E-state index contributed by atoms with van der Waals surface area (Å²) in [7, 11) is 0. The predicted molar refractivity (Wildman–Crippen MR) is 71.6 cm³/mol. The van der Waals surface area contributed by atoms with Crippen molar-refractivity contribution < 1.29 is 13.9 Å². The Kier molecular flexibility index (Phi) is 4.11. The molecule has 1 unspecified atom stereocenters. The molecular weight excluding hydrogens is 269 g/mol.